The SMILES string of the molecule is C1CNCCN1.C=CCSc1ncccn1. The van der Waals surface area contributed by atoms with Crippen LogP contribution in [0.15, 0.2) is 36.3 Å². The van der Waals surface area contributed by atoms with E-state index >= 15 is 0 Å². The second-order valence-electron chi connectivity index (χ2n) is 3.13. The molecule has 1 fully saturated rings. The normalized spacial score (nSPS) is 14.8. The Morgan fingerprint density at radius 3 is 2.19 bits per heavy atom. The topological polar surface area (TPSA) is 49.8 Å². The Morgan fingerprint density at radius 1 is 1.19 bits per heavy atom. The summed E-state index contributed by atoms with van der Waals surface area (Å²) in [6.07, 6.45) is 5.30. The first-order valence-corrected chi connectivity index (χ1v) is 6.34. The van der Waals surface area contributed by atoms with E-state index in [0.29, 0.717) is 0 Å². The third-order valence-electron chi connectivity index (χ3n) is 1.83. The summed E-state index contributed by atoms with van der Waals surface area (Å²) in [5, 5.41) is 7.25. The van der Waals surface area contributed by atoms with E-state index in [2.05, 4.69) is 27.2 Å². The molecular formula is C11H18N4S. The number of nitrogens with one attached hydrogen (secondary N) is 2. The number of rotatable bonds is 3. The Kier molecular flexibility index (Phi) is 7.67. The maximum absolute atomic E-state index is 4.02. The summed E-state index contributed by atoms with van der Waals surface area (Å²) < 4.78 is 0. The Bertz CT molecular complexity index is 263. The second kappa shape index (κ2) is 9.33. The van der Waals surface area contributed by atoms with Crippen molar-refractivity contribution in [1.29, 1.82) is 0 Å². The average molecular weight is 238 g/mol. The van der Waals surface area contributed by atoms with Crippen molar-refractivity contribution in [2.75, 3.05) is 31.9 Å². The lowest BCUT2D eigenvalue weighted by Gasteiger charge is -2.11. The van der Waals surface area contributed by atoms with Crippen LogP contribution >= 0.6 is 11.8 Å². The van der Waals surface area contributed by atoms with Gasteiger partial charge in [-0.1, -0.05) is 17.8 Å². The molecule has 0 atom stereocenters. The molecule has 0 bridgehead atoms. The molecule has 1 aromatic rings. The quantitative estimate of drug-likeness (QED) is 0.466. The molecule has 2 heterocycles. The number of nitrogens with zero attached hydrogens (tertiary/aromatic N) is 2. The van der Waals surface area contributed by atoms with Gasteiger partial charge in [-0.25, -0.2) is 9.97 Å². The number of piperazine rings is 1. The van der Waals surface area contributed by atoms with Gasteiger partial charge in [0, 0.05) is 44.3 Å². The van der Waals surface area contributed by atoms with Gasteiger partial charge < -0.3 is 10.6 Å². The molecule has 0 saturated carbocycles. The Balaban J connectivity index is 0.000000181. The molecular weight excluding hydrogens is 220 g/mol. The standard InChI is InChI=1S/C7H8N2S.C4H10N2/c1-2-6-10-7-8-4-3-5-9-7;1-2-6-4-3-5-1/h2-5H,1,6H2;5-6H,1-4H2. The summed E-state index contributed by atoms with van der Waals surface area (Å²) in [6, 6.07) is 1.80. The van der Waals surface area contributed by atoms with Crippen molar-refractivity contribution in [3.8, 4) is 0 Å². The van der Waals surface area contributed by atoms with Gasteiger partial charge in [-0.05, 0) is 6.07 Å². The van der Waals surface area contributed by atoms with Crippen molar-refractivity contribution in [2.24, 2.45) is 0 Å². The molecule has 16 heavy (non-hydrogen) atoms. The van der Waals surface area contributed by atoms with E-state index in [1.807, 2.05) is 6.08 Å². The van der Waals surface area contributed by atoms with Crippen LogP contribution in [0.4, 0.5) is 0 Å². The van der Waals surface area contributed by atoms with Crippen molar-refractivity contribution in [3.05, 3.63) is 31.1 Å². The monoisotopic (exact) mass is 238 g/mol. The summed E-state index contributed by atoms with van der Waals surface area (Å²) >= 11 is 1.58. The Labute approximate surface area is 101 Å². The van der Waals surface area contributed by atoms with Crippen molar-refractivity contribution in [2.45, 2.75) is 5.16 Å². The van der Waals surface area contributed by atoms with Crippen LogP contribution in [0.2, 0.25) is 0 Å². The lowest BCUT2D eigenvalue weighted by atomic mass is 10.4. The van der Waals surface area contributed by atoms with Gasteiger partial charge in [0.25, 0.3) is 0 Å². The maximum atomic E-state index is 4.02. The highest BCUT2D eigenvalue weighted by Crippen LogP contribution is 2.09. The minimum absolute atomic E-state index is 0.808. The summed E-state index contributed by atoms with van der Waals surface area (Å²) in [5.74, 6) is 0.865. The Morgan fingerprint density at radius 2 is 1.75 bits per heavy atom. The van der Waals surface area contributed by atoms with Gasteiger partial charge >= 0.3 is 0 Å². The molecule has 4 nitrogen and oxygen atoms in total. The fourth-order valence-corrected chi connectivity index (χ4v) is 1.63. The highest BCUT2D eigenvalue weighted by atomic mass is 32.2. The second-order valence-corrected chi connectivity index (χ2v) is 4.12. The zero-order valence-corrected chi connectivity index (χ0v) is 10.2. The van der Waals surface area contributed by atoms with E-state index < -0.39 is 0 Å². The number of hydrogen-bond donors (Lipinski definition) is 2. The first-order valence-electron chi connectivity index (χ1n) is 5.35. The minimum atomic E-state index is 0.808. The molecule has 0 aromatic carbocycles. The van der Waals surface area contributed by atoms with Gasteiger partial charge in [0.15, 0.2) is 5.16 Å². The van der Waals surface area contributed by atoms with Crippen molar-refractivity contribution >= 4 is 11.8 Å². The Hall–Kier alpha value is -0.910. The maximum Gasteiger partial charge on any atom is 0.187 e. The summed E-state index contributed by atoms with van der Waals surface area (Å²) in [5.41, 5.74) is 0. The fourth-order valence-electron chi connectivity index (χ4n) is 1.10. The molecule has 2 N–H and O–H groups in total. The van der Waals surface area contributed by atoms with Gasteiger partial charge in [0.05, 0.1) is 0 Å². The van der Waals surface area contributed by atoms with E-state index in [9.17, 15) is 0 Å². The highest BCUT2D eigenvalue weighted by Gasteiger charge is 1.91. The highest BCUT2D eigenvalue weighted by molar-refractivity contribution is 7.99. The molecule has 0 unspecified atom stereocenters. The molecule has 0 aliphatic carbocycles. The van der Waals surface area contributed by atoms with E-state index in [-0.39, 0.29) is 0 Å². The minimum Gasteiger partial charge on any atom is -0.314 e. The van der Waals surface area contributed by atoms with Crippen LogP contribution in [0.5, 0.6) is 0 Å². The van der Waals surface area contributed by atoms with E-state index in [1.54, 1.807) is 30.2 Å². The molecule has 0 spiro atoms. The molecule has 1 aliphatic heterocycles. The van der Waals surface area contributed by atoms with E-state index in [4.69, 9.17) is 0 Å². The van der Waals surface area contributed by atoms with Crippen molar-refractivity contribution < 1.29 is 0 Å². The van der Waals surface area contributed by atoms with Gasteiger partial charge in [-0.15, -0.1) is 6.58 Å². The molecule has 1 aromatic heterocycles. The number of thioether (sulfide) groups is 1. The number of aromatic nitrogens is 2. The van der Waals surface area contributed by atoms with Crippen LogP contribution in [0.1, 0.15) is 0 Å². The van der Waals surface area contributed by atoms with Crippen LogP contribution < -0.4 is 10.6 Å². The lowest BCUT2D eigenvalue weighted by molar-refractivity contribution is 0.534. The van der Waals surface area contributed by atoms with Gasteiger partial charge in [0.2, 0.25) is 0 Å². The van der Waals surface area contributed by atoms with Crippen LogP contribution in [0, 0.1) is 0 Å². The van der Waals surface area contributed by atoms with E-state index in [0.717, 1.165) is 37.1 Å². The fraction of sp³-hybridized carbons (Fsp3) is 0.455. The molecule has 1 saturated heterocycles. The third kappa shape index (κ3) is 6.55. The van der Waals surface area contributed by atoms with Crippen molar-refractivity contribution in [3.63, 3.8) is 0 Å². The molecule has 2 rings (SSSR count). The summed E-state index contributed by atoms with van der Waals surface area (Å²) in [7, 11) is 0. The van der Waals surface area contributed by atoms with Crippen LogP contribution in [-0.4, -0.2) is 41.9 Å². The predicted octanol–water partition coefficient (Wildman–Crippen LogP) is 0.934. The molecule has 5 heteroatoms. The summed E-state index contributed by atoms with van der Waals surface area (Å²) in [6.45, 7) is 8.15. The average Bonchev–Trinajstić information content (AvgIpc) is 2.40. The van der Waals surface area contributed by atoms with Crippen LogP contribution in [0.3, 0.4) is 0 Å². The smallest absolute Gasteiger partial charge is 0.187 e. The molecule has 0 amide bonds. The number of hydrogen-bond acceptors (Lipinski definition) is 5. The van der Waals surface area contributed by atoms with Crippen LogP contribution in [-0.2, 0) is 0 Å². The van der Waals surface area contributed by atoms with Gasteiger partial charge in [-0.2, -0.15) is 0 Å². The van der Waals surface area contributed by atoms with E-state index in [1.165, 1.54) is 0 Å². The molecule has 1 aliphatic rings. The zero-order chi connectivity index (χ0) is 11.5. The third-order valence-corrected chi connectivity index (χ3v) is 2.70. The lowest BCUT2D eigenvalue weighted by Crippen LogP contribution is -2.39. The first-order chi connectivity index (χ1) is 7.93. The van der Waals surface area contributed by atoms with Crippen molar-refractivity contribution in [1.82, 2.24) is 20.6 Å². The molecule has 88 valence electrons. The van der Waals surface area contributed by atoms with Gasteiger partial charge in [-0.3, -0.25) is 0 Å². The van der Waals surface area contributed by atoms with Crippen LogP contribution in [0.25, 0.3) is 0 Å². The predicted molar refractivity (Wildman–Crippen MR) is 68.7 cm³/mol. The zero-order valence-electron chi connectivity index (χ0n) is 9.35. The largest absolute Gasteiger partial charge is 0.314 e. The first kappa shape index (κ1) is 13.2. The van der Waals surface area contributed by atoms with Gasteiger partial charge in [0.1, 0.15) is 0 Å². The summed E-state index contributed by atoms with van der Waals surface area (Å²) in [4.78, 5) is 8.04. The molecule has 0 radical (unpaired) electrons.